The fraction of sp³-hybridized carbons (Fsp3) is 0.538. The molecule has 0 radical (unpaired) electrons. The van der Waals surface area contributed by atoms with Crippen LogP contribution >= 0.6 is 0 Å². The summed E-state index contributed by atoms with van der Waals surface area (Å²) in [5.41, 5.74) is 0.121. The number of aromatic hydroxyl groups is 1. The molecule has 0 unspecified atom stereocenters. The highest BCUT2D eigenvalue weighted by Gasteiger charge is 2.19. The van der Waals surface area contributed by atoms with Crippen LogP contribution in [0.1, 0.15) is 32.1 Å². The summed E-state index contributed by atoms with van der Waals surface area (Å²) < 4.78 is 30.8. The van der Waals surface area contributed by atoms with E-state index in [0.717, 1.165) is 31.9 Å². The number of ether oxygens (including phenoxy) is 1. The molecule has 0 spiro atoms. The van der Waals surface area contributed by atoms with Crippen molar-refractivity contribution < 1.29 is 18.3 Å². The Balaban J connectivity index is 2.21. The number of nitrogens with one attached hydrogen (secondary N) is 1. The number of sulfonamides is 1. The molecular weight excluding hydrogens is 266 g/mol. The lowest BCUT2D eigenvalue weighted by atomic mass is 9.98. The van der Waals surface area contributed by atoms with Crippen molar-refractivity contribution >= 4 is 15.7 Å². The minimum Gasteiger partial charge on any atom is -0.506 e. The first kappa shape index (κ1) is 14.0. The van der Waals surface area contributed by atoms with E-state index < -0.39 is 10.0 Å². The minimum atomic E-state index is -3.45. The third-order valence-electron chi connectivity index (χ3n) is 3.14. The van der Waals surface area contributed by atoms with E-state index in [1.807, 2.05) is 0 Å². The van der Waals surface area contributed by atoms with E-state index in [2.05, 4.69) is 4.72 Å². The summed E-state index contributed by atoms with van der Waals surface area (Å²) in [6, 6.07) is 4.74. The number of phenolic OH excluding ortho intramolecular Hbond substituents is 1. The van der Waals surface area contributed by atoms with Crippen molar-refractivity contribution in [3.05, 3.63) is 18.2 Å². The standard InChI is InChI=1S/C13H19NO4S/c1-19(16,17)14-13-11(15)8-5-9-12(13)18-10-6-3-2-4-7-10/h5,8-10,14-15H,2-4,6-7H2,1H3. The van der Waals surface area contributed by atoms with Crippen LogP contribution in [0, 0.1) is 0 Å². The molecule has 1 fully saturated rings. The van der Waals surface area contributed by atoms with Crippen LogP contribution in [0.25, 0.3) is 0 Å². The molecule has 1 aliphatic rings. The second-order valence-electron chi connectivity index (χ2n) is 4.90. The van der Waals surface area contributed by atoms with Crippen LogP contribution in [-0.2, 0) is 10.0 Å². The Kier molecular flexibility index (Phi) is 4.19. The van der Waals surface area contributed by atoms with Gasteiger partial charge in [0.15, 0.2) is 0 Å². The molecule has 6 heteroatoms. The molecule has 0 saturated heterocycles. The number of benzene rings is 1. The topological polar surface area (TPSA) is 75.6 Å². The maximum atomic E-state index is 11.3. The molecule has 1 aromatic carbocycles. The van der Waals surface area contributed by atoms with Gasteiger partial charge in [-0.3, -0.25) is 4.72 Å². The number of para-hydroxylation sites is 1. The summed E-state index contributed by atoms with van der Waals surface area (Å²) in [5.74, 6) is 0.260. The lowest BCUT2D eigenvalue weighted by Crippen LogP contribution is -2.20. The first-order valence-corrected chi connectivity index (χ1v) is 8.31. The van der Waals surface area contributed by atoms with E-state index in [1.54, 1.807) is 12.1 Å². The van der Waals surface area contributed by atoms with Crippen LogP contribution in [0.15, 0.2) is 18.2 Å². The van der Waals surface area contributed by atoms with Crippen molar-refractivity contribution in [2.45, 2.75) is 38.2 Å². The van der Waals surface area contributed by atoms with Crippen molar-refractivity contribution in [3.8, 4) is 11.5 Å². The fourth-order valence-electron chi connectivity index (χ4n) is 2.27. The Labute approximate surface area is 113 Å². The van der Waals surface area contributed by atoms with E-state index in [-0.39, 0.29) is 17.5 Å². The van der Waals surface area contributed by atoms with Gasteiger partial charge in [-0.05, 0) is 37.8 Å². The average molecular weight is 285 g/mol. The van der Waals surface area contributed by atoms with Gasteiger partial charge in [-0.15, -0.1) is 0 Å². The maximum Gasteiger partial charge on any atom is 0.230 e. The quantitative estimate of drug-likeness (QED) is 0.833. The van der Waals surface area contributed by atoms with Crippen LogP contribution in [0.3, 0.4) is 0 Å². The zero-order chi connectivity index (χ0) is 13.9. The third-order valence-corrected chi connectivity index (χ3v) is 3.71. The number of anilines is 1. The fourth-order valence-corrected chi connectivity index (χ4v) is 2.84. The first-order chi connectivity index (χ1) is 8.96. The number of hydrogen-bond donors (Lipinski definition) is 2. The van der Waals surface area contributed by atoms with Gasteiger partial charge in [0.2, 0.25) is 10.0 Å². The molecule has 0 aromatic heterocycles. The van der Waals surface area contributed by atoms with Crippen molar-refractivity contribution in [2.24, 2.45) is 0 Å². The highest BCUT2D eigenvalue weighted by Crippen LogP contribution is 2.36. The highest BCUT2D eigenvalue weighted by molar-refractivity contribution is 7.92. The van der Waals surface area contributed by atoms with Gasteiger partial charge in [0.25, 0.3) is 0 Å². The van der Waals surface area contributed by atoms with Crippen molar-refractivity contribution in [2.75, 3.05) is 11.0 Å². The lowest BCUT2D eigenvalue weighted by molar-refractivity contribution is 0.155. The molecule has 5 nitrogen and oxygen atoms in total. The van der Waals surface area contributed by atoms with Crippen molar-refractivity contribution in [3.63, 3.8) is 0 Å². The summed E-state index contributed by atoms with van der Waals surface area (Å²) in [7, 11) is -3.45. The summed E-state index contributed by atoms with van der Waals surface area (Å²) in [6.07, 6.45) is 6.53. The maximum absolute atomic E-state index is 11.3. The van der Waals surface area contributed by atoms with E-state index in [9.17, 15) is 13.5 Å². The van der Waals surface area contributed by atoms with Gasteiger partial charge in [0.1, 0.15) is 17.2 Å². The highest BCUT2D eigenvalue weighted by atomic mass is 32.2. The Morgan fingerprint density at radius 2 is 1.95 bits per heavy atom. The van der Waals surface area contributed by atoms with Gasteiger partial charge in [0.05, 0.1) is 12.4 Å². The Morgan fingerprint density at radius 1 is 1.26 bits per heavy atom. The molecule has 106 valence electrons. The first-order valence-electron chi connectivity index (χ1n) is 6.42. The monoisotopic (exact) mass is 285 g/mol. The molecule has 0 aliphatic heterocycles. The molecule has 0 bridgehead atoms. The minimum absolute atomic E-state index is 0.0932. The molecule has 1 aliphatic carbocycles. The van der Waals surface area contributed by atoms with Crippen LogP contribution < -0.4 is 9.46 Å². The van der Waals surface area contributed by atoms with Crippen LogP contribution in [0.2, 0.25) is 0 Å². The summed E-state index contributed by atoms with van der Waals surface area (Å²) in [6.45, 7) is 0. The molecular formula is C13H19NO4S. The summed E-state index contributed by atoms with van der Waals surface area (Å²) in [5, 5.41) is 9.78. The molecule has 0 heterocycles. The number of phenols is 1. The van der Waals surface area contributed by atoms with Crippen molar-refractivity contribution in [1.82, 2.24) is 0 Å². The summed E-state index contributed by atoms with van der Waals surface area (Å²) in [4.78, 5) is 0. The van der Waals surface area contributed by atoms with Crippen LogP contribution in [0.5, 0.6) is 11.5 Å². The molecule has 1 aromatic rings. The Morgan fingerprint density at radius 3 is 2.58 bits per heavy atom. The van der Waals surface area contributed by atoms with E-state index in [4.69, 9.17) is 4.74 Å². The van der Waals surface area contributed by atoms with Crippen LogP contribution in [0.4, 0.5) is 5.69 Å². The van der Waals surface area contributed by atoms with Gasteiger partial charge in [-0.25, -0.2) is 8.42 Å². The van der Waals surface area contributed by atoms with E-state index in [0.29, 0.717) is 5.75 Å². The van der Waals surface area contributed by atoms with Crippen molar-refractivity contribution in [1.29, 1.82) is 0 Å². The van der Waals surface area contributed by atoms with Gasteiger partial charge < -0.3 is 9.84 Å². The van der Waals surface area contributed by atoms with Gasteiger partial charge in [0, 0.05) is 0 Å². The molecule has 0 atom stereocenters. The molecule has 0 amide bonds. The number of hydrogen-bond acceptors (Lipinski definition) is 4. The molecule has 2 rings (SSSR count). The SMILES string of the molecule is CS(=O)(=O)Nc1c(O)cccc1OC1CCCCC1. The second kappa shape index (κ2) is 5.69. The third kappa shape index (κ3) is 4.02. The Hall–Kier alpha value is -1.43. The summed E-state index contributed by atoms with van der Waals surface area (Å²) >= 11 is 0. The van der Waals surface area contributed by atoms with Gasteiger partial charge in [-0.2, -0.15) is 0 Å². The van der Waals surface area contributed by atoms with E-state index in [1.165, 1.54) is 12.5 Å². The Bertz CT molecular complexity index is 536. The largest absolute Gasteiger partial charge is 0.506 e. The smallest absolute Gasteiger partial charge is 0.230 e. The van der Waals surface area contributed by atoms with E-state index >= 15 is 0 Å². The zero-order valence-corrected chi connectivity index (χ0v) is 11.7. The normalized spacial score (nSPS) is 17.1. The predicted octanol–water partition coefficient (Wildman–Crippen LogP) is 2.48. The molecule has 1 saturated carbocycles. The van der Waals surface area contributed by atoms with Crippen LogP contribution in [-0.4, -0.2) is 25.9 Å². The number of rotatable bonds is 4. The zero-order valence-electron chi connectivity index (χ0n) is 10.9. The lowest BCUT2D eigenvalue weighted by Gasteiger charge is -2.24. The van der Waals surface area contributed by atoms with Gasteiger partial charge >= 0.3 is 0 Å². The molecule has 2 N–H and O–H groups in total. The second-order valence-corrected chi connectivity index (χ2v) is 6.65. The predicted molar refractivity (Wildman–Crippen MR) is 74.1 cm³/mol. The molecule has 19 heavy (non-hydrogen) atoms. The average Bonchev–Trinajstić information content (AvgIpc) is 2.34. The van der Waals surface area contributed by atoms with Gasteiger partial charge in [-0.1, -0.05) is 12.5 Å².